The molecule has 1 aromatic heterocycles. The SMILES string of the molecule is Cc1cn(CCCCO)c2ccccc12. The van der Waals surface area contributed by atoms with Crippen molar-refractivity contribution >= 4 is 10.9 Å². The van der Waals surface area contributed by atoms with Gasteiger partial charge in [0.2, 0.25) is 0 Å². The number of unbranched alkanes of at least 4 members (excludes halogenated alkanes) is 1. The Kier molecular flexibility index (Phi) is 3.07. The molecule has 2 aromatic rings. The third kappa shape index (κ3) is 2.05. The predicted octanol–water partition coefficient (Wildman–Crippen LogP) is 2.72. The summed E-state index contributed by atoms with van der Waals surface area (Å²) in [5.41, 5.74) is 2.63. The van der Waals surface area contributed by atoms with Gasteiger partial charge in [-0.15, -0.1) is 0 Å². The summed E-state index contributed by atoms with van der Waals surface area (Å²) in [6, 6.07) is 8.46. The summed E-state index contributed by atoms with van der Waals surface area (Å²) in [7, 11) is 0. The molecule has 0 aliphatic heterocycles. The van der Waals surface area contributed by atoms with Crippen LogP contribution in [0.1, 0.15) is 18.4 Å². The van der Waals surface area contributed by atoms with Crippen molar-refractivity contribution in [1.29, 1.82) is 0 Å². The molecule has 1 N–H and O–H groups in total. The number of aliphatic hydroxyl groups excluding tert-OH is 1. The number of aromatic nitrogens is 1. The fraction of sp³-hybridized carbons (Fsp3) is 0.385. The van der Waals surface area contributed by atoms with Crippen LogP contribution in [-0.2, 0) is 6.54 Å². The van der Waals surface area contributed by atoms with E-state index in [1.54, 1.807) is 0 Å². The topological polar surface area (TPSA) is 25.2 Å². The van der Waals surface area contributed by atoms with Crippen LogP contribution in [0.5, 0.6) is 0 Å². The van der Waals surface area contributed by atoms with Crippen LogP contribution in [0.3, 0.4) is 0 Å². The lowest BCUT2D eigenvalue weighted by atomic mass is 10.2. The lowest BCUT2D eigenvalue weighted by Gasteiger charge is -2.03. The van der Waals surface area contributed by atoms with Crippen molar-refractivity contribution in [1.82, 2.24) is 4.57 Å². The highest BCUT2D eigenvalue weighted by Crippen LogP contribution is 2.20. The minimum Gasteiger partial charge on any atom is -0.396 e. The number of para-hydroxylation sites is 1. The first-order chi connectivity index (χ1) is 7.33. The Labute approximate surface area is 90.2 Å². The zero-order valence-electron chi connectivity index (χ0n) is 9.11. The minimum absolute atomic E-state index is 0.290. The zero-order valence-corrected chi connectivity index (χ0v) is 9.11. The minimum atomic E-state index is 0.290. The molecule has 80 valence electrons. The van der Waals surface area contributed by atoms with Crippen LogP contribution in [0.2, 0.25) is 0 Å². The third-order valence-electron chi connectivity index (χ3n) is 2.79. The van der Waals surface area contributed by atoms with Gasteiger partial charge in [-0.3, -0.25) is 0 Å². The summed E-state index contributed by atoms with van der Waals surface area (Å²) in [5, 5.41) is 10.1. The Bertz CT molecular complexity index is 445. The lowest BCUT2D eigenvalue weighted by Crippen LogP contribution is -1.96. The van der Waals surface area contributed by atoms with Crippen LogP contribution in [0.4, 0.5) is 0 Å². The molecule has 0 saturated heterocycles. The molecule has 0 atom stereocenters. The van der Waals surface area contributed by atoms with Gasteiger partial charge < -0.3 is 9.67 Å². The normalized spacial score (nSPS) is 11.1. The molecule has 2 rings (SSSR count). The van der Waals surface area contributed by atoms with Crippen LogP contribution >= 0.6 is 0 Å². The van der Waals surface area contributed by atoms with Gasteiger partial charge in [0.25, 0.3) is 0 Å². The smallest absolute Gasteiger partial charge is 0.0483 e. The summed E-state index contributed by atoms with van der Waals surface area (Å²) in [5.74, 6) is 0. The van der Waals surface area contributed by atoms with Gasteiger partial charge in [0, 0.05) is 30.3 Å². The summed E-state index contributed by atoms with van der Waals surface area (Å²) in [4.78, 5) is 0. The van der Waals surface area contributed by atoms with E-state index in [0.29, 0.717) is 0 Å². The van der Waals surface area contributed by atoms with E-state index in [0.717, 1.165) is 19.4 Å². The van der Waals surface area contributed by atoms with Gasteiger partial charge in [0.05, 0.1) is 0 Å². The van der Waals surface area contributed by atoms with Crippen LogP contribution < -0.4 is 0 Å². The number of hydrogen-bond donors (Lipinski definition) is 1. The Morgan fingerprint density at radius 3 is 2.80 bits per heavy atom. The van der Waals surface area contributed by atoms with Crippen molar-refractivity contribution in [2.45, 2.75) is 26.3 Å². The third-order valence-corrected chi connectivity index (χ3v) is 2.79. The van der Waals surface area contributed by atoms with Crippen molar-refractivity contribution in [3.05, 3.63) is 36.0 Å². The molecule has 0 fully saturated rings. The van der Waals surface area contributed by atoms with Gasteiger partial charge in [-0.05, 0) is 31.4 Å². The number of rotatable bonds is 4. The number of benzene rings is 1. The Morgan fingerprint density at radius 1 is 1.20 bits per heavy atom. The van der Waals surface area contributed by atoms with E-state index in [-0.39, 0.29) is 6.61 Å². The van der Waals surface area contributed by atoms with Crippen molar-refractivity contribution in [2.75, 3.05) is 6.61 Å². The van der Waals surface area contributed by atoms with Crippen molar-refractivity contribution in [3.63, 3.8) is 0 Å². The number of fused-ring (bicyclic) bond motifs is 1. The van der Waals surface area contributed by atoms with Gasteiger partial charge in [0.1, 0.15) is 0 Å². The highest BCUT2D eigenvalue weighted by molar-refractivity contribution is 5.83. The van der Waals surface area contributed by atoms with Gasteiger partial charge in [-0.1, -0.05) is 18.2 Å². The van der Waals surface area contributed by atoms with Gasteiger partial charge in [-0.2, -0.15) is 0 Å². The molecule has 0 amide bonds. The standard InChI is InChI=1S/C13H17NO/c1-11-10-14(8-4-5-9-15)13-7-3-2-6-12(11)13/h2-3,6-7,10,15H,4-5,8-9H2,1H3. The van der Waals surface area contributed by atoms with Crippen molar-refractivity contribution in [2.24, 2.45) is 0 Å². The Morgan fingerprint density at radius 2 is 2.00 bits per heavy atom. The number of aryl methyl sites for hydroxylation is 2. The average Bonchev–Trinajstić information content (AvgIpc) is 2.58. The molecule has 15 heavy (non-hydrogen) atoms. The maximum Gasteiger partial charge on any atom is 0.0483 e. The molecule has 0 spiro atoms. The molecule has 0 aliphatic rings. The monoisotopic (exact) mass is 203 g/mol. The summed E-state index contributed by atoms with van der Waals surface area (Å²) in [6.45, 7) is 3.43. The number of hydrogen-bond acceptors (Lipinski definition) is 1. The Balaban J connectivity index is 2.27. The van der Waals surface area contributed by atoms with Crippen LogP contribution in [-0.4, -0.2) is 16.3 Å². The molecular weight excluding hydrogens is 186 g/mol. The van der Waals surface area contributed by atoms with E-state index < -0.39 is 0 Å². The van der Waals surface area contributed by atoms with E-state index >= 15 is 0 Å². The molecule has 1 heterocycles. The maximum atomic E-state index is 8.75. The Hall–Kier alpha value is -1.28. The van der Waals surface area contributed by atoms with Crippen LogP contribution in [0.25, 0.3) is 10.9 Å². The predicted molar refractivity (Wildman–Crippen MR) is 63.0 cm³/mol. The molecule has 0 aliphatic carbocycles. The average molecular weight is 203 g/mol. The number of nitrogens with zero attached hydrogens (tertiary/aromatic N) is 1. The van der Waals surface area contributed by atoms with E-state index in [4.69, 9.17) is 5.11 Å². The second-order valence-corrected chi connectivity index (χ2v) is 3.95. The second-order valence-electron chi connectivity index (χ2n) is 3.95. The zero-order chi connectivity index (χ0) is 10.7. The fourth-order valence-electron chi connectivity index (χ4n) is 2.01. The number of aliphatic hydroxyl groups is 1. The van der Waals surface area contributed by atoms with Crippen LogP contribution in [0.15, 0.2) is 30.5 Å². The summed E-state index contributed by atoms with van der Waals surface area (Å²) >= 11 is 0. The van der Waals surface area contributed by atoms with Gasteiger partial charge >= 0.3 is 0 Å². The van der Waals surface area contributed by atoms with Crippen molar-refractivity contribution in [3.8, 4) is 0 Å². The molecule has 0 saturated carbocycles. The molecule has 0 radical (unpaired) electrons. The van der Waals surface area contributed by atoms with E-state index in [1.165, 1.54) is 16.5 Å². The molecule has 0 unspecified atom stereocenters. The van der Waals surface area contributed by atoms with E-state index in [1.807, 2.05) is 0 Å². The van der Waals surface area contributed by atoms with E-state index in [2.05, 4.69) is 42.0 Å². The van der Waals surface area contributed by atoms with E-state index in [9.17, 15) is 0 Å². The summed E-state index contributed by atoms with van der Waals surface area (Å²) in [6.07, 6.45) is 4.11. The fourth-order valence-corrected chi connectivity index (χ4v) is 2.01. The molecule has 0 bridgehead atoms. The van der Waals surface area contributed by atoms with Gasteiger partial charge in [0.15, 0.2) is 0 Å². The first kappa shape index (κ1) is 10.2. The van der Waals surface area contributed by atoms with Crippen molar-refractivity contribution < 1.29 is 5.11 Å². The first-order valence-electron chi connectivity index (χ1n) is 5.48. The maximum absolute atomic E-state index is 8.75. The lowest BCUT2D eigenvalue weighted by molar-refractivity contribution is 0.281. The molecule has 2 heteroatoms. The second kappa shape index (κ2) is 4.49. The molecular formula is C13H17NO. The largest absolute Gasteiger partial charge is 0.396 e. The van der Waals surface area contributed by atoms with Crippen LogP contribution in [0, 0.1) is 6.92 Å². The highest BCUT2D eigenvalue weighted by Gasteiger charge is 2.03. The molecule has 2 nitrogen and oxygen atoms in total. The molecule has 1 aromatic carbocycles. The summed E-state index contributed by atoms with van der Waals surface area (Å²) < 4.78 is 2.28. The first-order valence-corrected chi connectivity index (χ1v) is 5.48. The highest BCUT2D eigenvalue weighted by atomic mass is 16.2. The quantitative estimate of drug-likeness (QED) is 0.759. The van der Waals surface area contributed by atoms with Gasteiger partial charge in [-0.25, -0.2) is 0 Å².